The molecule has 0 saturated carbocycles. The van der Waals surface area contributed by atoms with Crippen molar-refractivity contribution >= 4 is 13.7 Å². The van der Waals surface area contributed by atoms with Crippen molar-refractivity contribution in [3.63, 3.8) is 0 Å². The number of aliphatic hydroxyl groups is 1. The molecule has 0 aromatic rings. The number of carbonyl (C=O) groups excluding carboxylic acids is 1. The summed E-state index contributed by atoms with van der Waals surface area (Å²) in [6.45, 7) is 12.9. The van der Waals surface area contributed by atoms with Crippen molar-refractivity contribution in [1.82, 2.24) is 9.99 Å². The zero-order chi connectivity index (χ0) is 39.6. The van der Waals surface area contributed by atoms with E-state index in [4.69, 9.17) is 13.8 Å². The first-order valence-electron chi connectivity index (χ1n) is 23.6. The van der Waals surface area contributed by atoms with Crippen LogP contribution in [0.2, 0.25) is 0 Å². The molecule has 1 unspecified atom stereocenters. The third-order valence-electron chi connectivity index (χ3n) is 10.6. The average Bonchev–Trinajstić information content (AvgIpc) is 3.16. The molecule has 0 bridgehead atoms. The number of nitrogens with one attached hydrogen (secondary N) is 1. The summed E-state index contributed by atoms with van der Waals surface area (Å²) in [5.74, 6) is 0.00235. The second kappa shape index (κ2) is 42.1. The fraction of sp³-hybridized carbons (Fsp3) is 0.978. The second-order valence-electron chi connectivity index (χ2n) is 15.9. The minimum absolute atomic E-state index is 0.00235. The molecule has 0 fully saturated rings. The zero-order valence-corrected chi connectivity index (χ0v) is 37.4. The van der Waals surface area contributed by atoms with E-state index >= 15 is 0 Å². The van der Waals surface area contributed by atoms with Crippen LogP contribution in [0, 0.1) is 0 Å². The number of hydrogen-bond donors (Lipinski definition) is 2. The third kappa shape index (κ3) is 37.1. The van der Waals surface area contributed by atoms with Crippen molar-refractivity contribution < 1.29 is 28.3 Å². The molecular formula is C45H93N2O6P. The lowest BCUT2D eigenvalue weighted by atomic mass is 10.0. The predicted octanol–water partition coefficient (Wildman–Crippen LogP) is 13.5. The molecule has 0 aliphatic heterocycles. The molecule has 8 nitrogen and oxygen atoms in total. The van der Waals surface area contributed by atoms with Gasteiger partial charge in [-0.3, -0.25) is 13.8 Å². The Morgan fingerprint density at radius 3 is 1.50 bits per heavy atom. The number of carbonyl (C=O) groups is 1. The van der Waals surface area contributed by atoms with Gasteiger partial charge in [0.05, 0.1) is 19.8 Å². The molecule has 0 heterocycles. The van der Waals surface area contributed by atoms with Crippen molar-refractivity contribution in [3.05, 3.63) is 0 Å². The maximum absolute atomic E-state index is 13.1. The molecule has 0 rings (SSSR count). The van der Waals surface area contributed by atoms with Gasteiger partial charge in [-0.2, -0.15) is 0 Å². The number of aliphatic hydroxyl groups excluding tert-OH is 1. The topological polar surface area (TPSA) is 97.3 Å². The lowest BCUT2D eigenvalue weighted by Gasteiger charge is -2.21. The van der Waals surface area contributed by atoms with Crippen LogP contribution in [0.5, 0.6) is 0 Å². The Labute approximate surface area is 336 Å². The molecule has 0 aromatic carbocycles. The van der Waals surface area contributed by atoms with Gasteiger partial charge in [0.2, 0.25) is 0 Å². The van der Waals surface area contributed by atoms with E-state index in [1.54, 1.807) is 0 Å². The average molecular weight is 789 g/mol. The Kier molecular flexibility index (Phi) is 41.7. The molecule has 0 spiro atoms. The maximum Gasteiger partial charge on any atom is 0.405 e. The number of rotatable bonds is 45. The van der Waals surface area contributed by atoms with Crippen LogP contribution in [0.4, 0.5) is 0 Å². The predicted molar refractivity (Wildman–Crippen MR) is 231 cm³/mol. The molecule has 0 radical (unpaired) electrons. The summed E-state index contributed by atoms with van der Waals surface area (Å²) >= 11 is 0. The number of esters is 1. The second-order valence-corrected chi connectivity index (χ2v) is 17.7. The number of unbranched alkanes of at least 4 members (excludes halogenated alkanes) is 24. The van der Waals surface area contributed by atoms with Crippen molar-refractivity contribution in [2.75, 3.05) is 46.0 Å². The molecule has 0 amide bonds. The normalized spacial score (nSPS) is 12.9. The van der Waals surface area contributed by atoms with E-state index in [2.05, 4.69) is 30.8 Å². The molecule has 2 N–H and O–H groups in total. The van der Waals surface area contributed by atoms with E-state index in [0.29, 0.717) is 32.7 Å². The first-order chi connectivity index (χ1) is 26.4. The van der Waals surface area contributed by atoms with E-state index < -0.39 is 7.75 Å². The Morgan fingerprint density at radius 1 is 0.556 bits per heavy atom. The van der Waals surface area contributed by atoms with Crippen LogP contribution in [0.1, 0.15) is 233 Å². The third-order valence-corrected chi connectivity index (χ3v) is 12.3. The molecule has 9 heteroatoms. The first kappa shape index (κ1) is 53.5. The van der Waals surface area contributed by atoms with Crippen LogP contribution in [0.15, 0.2) is 0 Å². The highest BCUT2D eigenvalue weighted by Gasteiger charge is 2.23. The fourth-order valence-electron chi connectivity index (χ4n) is 7.17. The minimum Gasteiger partial charge on any atom is -0.462 e. The summed E-state index contributed by atoms with van der Waals surface area (Å²) < 4.78 is 30.4. The molecule has 1 atom stereocenters. The van der Waals surface area contributed by atoms with Crippen LogP contribution in [-0.2, 0) is 23.1 Å². The van der Waals surface area contributed by atoms with E-state index in [1.165, 1.54) is 122 Å². The molecule has 324 valence electrons. The SMILES string of the molecule is CCCCCCCCCCCNP(=O)(OCC)OCCCCCN(CCO)CCCCCCCC(=O)OC(CCCCCCCC)CCCCCCCC. The van der Waals surface area contributed by atoms with Gasteiger partial charge in [-0.1, -0.05) is 156 Å². The summed E-state index contributed by atoms with van der Waals surface area (Å²) in [5.41, 5.74) is 0. The first-order valence-corrected chi connectivity index (χ1v) is 25.2. The Morgan fingerprint density at radius 2 is 1.00 bits per heavy atom. The molecular weight excluding hydrogens is 695 g/mol. The summed E-state index contributed by atoms with van der Waals surface area (Å²) in [4.78, 5) is 15.1. The van der Waals surface area contributed by atoms with E-state index in [0.717, 1.165) is 90.1 Å². The van der Waals surface area contributed by atoms with Crippen LogP contribution < -0.4 is 5.09 Å². The highest BCUT2D eigenvalue weighted by molar-refractivity contribution is 7.51. The van der Waals surface area contributed by atoms with Gasteiger partial charge in [-0.05, 0) is 84.2 Å². The minimum atomic E-state index is -3.25. The smallest absolute Gasteiger partial charge is 0.405 e. The van der Waals surface area contributed by atoms with Crippen molar-refractivity contribution in [1.29, 1.82) is 0 Å². The Hall–Kier alpha value is -0.500. The van der Waals surface area contributed by atoms with Crippen LogP contribution in [-0.4, -0.2) is 68.1 Å². The van der Waals surface area contributed by atoms with Gasteiger partial charge in [0.25, 0.3) is 0 Å². The van der Waals surface area contributed by atoms with E-state index in [-0.39, 0.29) is 18.7 Å². The quantitative estimate of drug-likeness (QED) is 0.0358. The fourth-order valence-corrected chi connectivity index (χ4v) is 8.57. The molecule has 54 heavy (non-hydrogen) atoms. The van der Waals surface area contributed by atoms with Gasteiger partial charge in [0, 0.05) is 19.5 Å². The summed E-state index contributed by atoms with van der Waals surface area (Å²) in [6.07, 6.45) is 37.5. The molecule has 0 aliphatic carbocycles. The zero-order valence-electron chi connectivity index (χ0n) is 36.5. The van der Waals surface area contributed by atoms with Crippen molar-refractivity contribution in [2.24, 2.45) is 0 Å². The van der Waals surface area contributed by atoms with E-state index in [9.17, 15) is 14.5 Å². The standard InChI is InChI=1S/C45H93N2O6P/c1-5-9-12-15-18-19-20-25-31-38-46-54(50,51-8-4)52-43-34-27-33-40-47(41-42-48)39-32-26-21-24-30-37-45(49)53-44(35-28-22-16-13-10-6-2)36-29-23-17-14-11-7-3/h44,48H,5-43H2,1-4H3,(H,46,50). The van der Waals surface area contributed by atoms with Gasteiger partial charge in [-0.15, -0.1) is 0 Å². The number of ether oxygens (including phenoxy) is 1. The van der Waals surface area contributed by atoms with Gasteiger partial charge < -0.3 is 14.7 Å². The van der Waals surface area contributed by atoms with E-state index in [1.807, 2.05) is 6.92 Å². The lowest BCUT2D eigenvalue weighted by molar-refractivity contribution is -0.150. The van der Waals surface area contributed by atoms with Gasteiger partial charge in [-0.25, -0.2) is 9.65 Å². The monoisotopic (exact) mass is 789 g/mol. The van der Waals surface area contributed by atoms with Crippen LogP contribution >= 0.6 is 7.75 Å². The summed E-state index contributed by atoms with van der Waals surface area (Å²) in [5, 5.41) is 12.7. The maximum atomic E-state index is 13.1. The molecule has 0 aliphatic rings. The summed E-state index contributed by atoms with van der Waals surface area (Å²) in [6, 6.07) is 0. The Balaban J connectivity index is 4.15. The Bertz CT molecular complexity index is 803. The van der Waals surface area contributed by atoms with Gasteiger partial charge >= 0.3 is 13.7 Å². The van der Waals surface area contributed by atoms with Gasteiger partial charge in [0.15, 0.2) is 0 Å². The largest absolute Gasteiger partial charge is 0.462 e. The van der Waals surface area contributed by atoms with Gasteiger partial charge in [0.1, 0.15) is 6.10 Å². The van der Waals surface area contributed by atoms with Crippen LogP contribution in [0.3, 0.4) is 0 Å². The number of hydrogen-bond acceptors (Lipinski definition) is 7. The number of nitrogens with zero attached hydrogens (tertiary/aromatic N) is 1. The van der Waals surface area contributed by atoms with Crippen LogP contribution in [0.25, 0.3) is 0 Å². The van der Waals surface area contributed by atoms with Crippen molar-refractivity contribution in [2.45, 2.75) is 239 Å². The highest BCUT2D eigenvalue weighted by Crippen LogP contribution is 2.43. The molecule has 0 saturated heterocycles. The lowest BCUT2D eigenvalue weighted by Crippen LogP contribution is -2.29. The molecule has 0 aromatic heterocycles. The summed E-state index contributed by atoms with van der Waals surface area (Å²) in [7, 11) is -3.25. The highest BCUT2D eigenvalue weighted by atomic mass is 31.2. The van der Waals surface area contributed by atoms with Crippen molar-refractivity contribution in [3.8, 4) is 0 Å².